The van der Waals surface area contributed by atoms with Crippen LogP contribution in [0.15, 0.2) is 17.0 Å². The molecule has 20 heavy (non-hydrogen) atoms. The smallest absolute Gasteiger partial charge is 0.246 e. The van der Waals surface area contributed by atoms with Crippen molar-refractivity contribution >= 4 is 15.7 Å². The van der Waals surface area contributed by atoms with Crippen molar-refractivity contribution in [3.63, 3.8) is 0 Å². The van der Waals surface area contributed by atoms with E-state index in [0.717, 1.165) is 25.7 Å². The van der Waals surface area contributed by atoms with E-state index in [1.165, 1.54) is 23.4 Å². The Balaban J connectivity index is 2.49. The number of aryl methyl sites for hydroxylation is 1. The Morgan fingerprint density at radius 2 is 2.10 bits per heavy atom. The molecule has 6 heteroatoms. The summed E-state index contributed by atoms with van der Waals surface area (Å²) >= 11 is 0. The van der Waals surface area contributed by atoms with Crippen LogP contribution in [-0.4, -0.2) is 25.3 Å². The zero-order valence-corrected chi connectivity index (χ0v) is 12.7. The highest BCUT2D eigenvalue weighted by atomic mass is 32.2. The Morgan fingerprint density at radius 3 is 2.75 bits per heavy atom. The van der Waals surface area contributed by atoms with Gasteiger partial charge < -0.3 is 5.73 Å². The van der Waals surface area contributed by atoms with Crippen molar-refractivity contribution in [2.75, 3.05) is 12.3 Å². The summed E-state index contributed by atoms with van der Waals surface area (Å²) in [6, 6.07) is 2.62. The molecule has 1 fully saturated rings. The summed E-state index contributed by atoms with van der Waals surface area (Å²) in [5, 5.41) is 0. The van der Waals surface area contributed by atoms with Gasteiger partial charge in [0.25, 0.3) is 0 Å². The van der Waals surface area contributed by atoms with E-state index in [9.17, 15) is 12.8 Å². The third kappa shape index (κ3) is 2.67. The minimum absolute atomic E-state index is 0.0464. The number of nitrogens with two attached hydrogens (primary N) is 1. The summed E-state index contributed by atoms with van der Waals surface area (Å²) in [5.41, 5.74) is 6.20. The van der Waals surface area contributed by atoms with Gasteiger partial charge in [0.15, 0.2) is 0 Å². The van der Waals surface area contributed by atoms with Gasteiger partial charge in [-0.3, -0.25) is 0 Å². The van der Waals surface area contributed by atoms with Crippen LogP contribution in [0.1, 0.15) is 38.2 Å². The van der Waals surface area contributed by atoms with E-state index in [2.05, 4.69) is 0 Å². The average molecular weight is 300 g/mol. The number of rotatable bonds is 3. The molecule has 1 aliphatic rings. The molecule has 0 amide bonds. The zero-order chi connectivity index (χ0) is 14.9. The van der Waals surface area contributed by atoms with Crippen LogP contribution in [0, 0.1) is 12.7 Å². The second-order valence-electron chi connectivity index (χ2n) is 5.32. The standard InChI is InChI=1S/C14H21FN2O2S/c1-3-12-6-4-5-7-17(12)20(18,19)13-9-11(16)8-10(2)14(13)15/h8-9,12H,3-7,16H2,1-2H3. The number of nitrogens with zero attached hydrogens (tertiary/aromatic N) is 1. The van der Waals surface area contributed by atoms with Crippen molar-refractivity contribution in [3.05, 3.63) is 23.5 Å². The monoisotopic (exact) mass is 300 g/mol. The van der Waals surface area contributed by atoms with Crippen LogP contribution in [0.4, 0.5) is 10.1 Å². The van der Waals surface area contributed by atoms with Gasteiger partial charge in [0.05, 0.1) is 0 Å². The summed E-state index contributed by atoms with van der Waals surface area (Å²) in [6.07, 6.45) is 3.41. The maximum absolute atomic E-state index is 14.2. The average Bonchev–Trinajstić information content (AvgIpc) is 2.42. The normalized spacial score (nSPS) is 21.1. The predicted molar refractivity (Wildman–Crippen MR) is 77.4 cm³/mol. The van der Waals surface area contributed by atoms with Crippen molar-refractivity contribution in [2.45, 2.75) is 50.5 Å². The molecule has 4 nitrogen and oxygen atoms in total. The molecule has 1 unspecified atom stereocenters. The first-order chi connectivity index (χ1) is 9.37. The number of anilines is 1. The molecular weight excluding hydrogens is 279 g/mol. The first-order valence-corrected chi connectivity index (χ1v) is 8.39. The molecule has 0 spiro atoms. The third-order valence-corrected chi connectivity index (χ3v) is 5.83. The molecule has 1 aromatic rings. The fourth-order valence-electron chi connectivity index (χ4n) is 2.78. The molecule has 1 atom stereocenters. The second-order valence-corrected chi connectivity index (χ2v) is 7.18. The summed E-state index contributed by atoms with van der Waals surface area (Å²) < 4.78 is 41.1. The van der Waals surface area contributed by atoms with Gasteiger partial charge in [0.1, 0.15) is 10.7 Å². The Bertz CT molecular complexity index is 601. The maximum atomic E-state index is 14.2. The first-order valence-electron chi connectivity index (χ1n) is 6.95. The van der Waals surface area contributed by atoms with Crippen LogP contribution in [0.25, 0.3) is 0 Å². The largest absolute Gasteiger partial charge is 0.399 e. The number of sulfonamides is 1. The highest BCUT2D eigenvalue weighted by Gasteiger charge is 2.34. The topological polar surface area (TPSA) is 63.4 Å². The first kappa shape index (κ1) is 15.3. The highest BCUT2D eigenvalue weighted by Crippen LogP contribution is 2.30. The van der Waals surface area contributed by atoms with Gasteiger partial charge in [-0.15, -0.1) is 0 Å². The Morgan fingerprint density at radius 1 is 1.40 bits per heavy atom. The number of hydrogen-bond donors (Lipinski definition) is 1. The van der Waals surface area contributed by atoms with E-state index >= 15 is 0 Å². The Labute approximate surface area is 119 Å². The van der Waals surface area contributed by atoms with Gasteiger partial charge in [0.2, 0.25) is 10.0 Å². The molecule has 112 valence electrons. The van der Waals surface area contributed by atoms with E-state index in [1.54, 1.807) is 0 Å². The summed E-state index contributed by atoms with van der Waals surface area (Å²) in [7, 11) is -3.82. The van der Waals surface area contributed by atoms with Crippen molar-refractivity contribution < 1.29 is 12.8 Å². The van der Waals surface area contributed by atoms with E-state index in [1.807, 2.05) is 6.92 Å². The number of piperidine rings is 1. The Kier molecular flexibility index (Phi) is 4.34. The van der Waals surface area contributed by atoms with Gasteiger partial charge in [-0.05, 0) is 43.9 Å². The lowest BCUT2D eigenvalue weighted by Crippen LogP contribution is -2.43. The third-order valence-electron chi connectivity index (χ3n) is 3.87. The molecule has 0 aliphatic carbocycles. The van der Waals surface area contributed by atoms with E-state index in [0.29, 0.717) is 6.54 Å². The van der Waals surface area contributed by atoms with Crippen LogP contribution < -0.4 is 5.73 Å². The minimum Gasteiger partial charge on any atom is -0.399 e. The molecule has 0 saturated carbocycles. The fraction of sp³-hybridized carbons (Fsp3) is 0.571. The van der Waals surface area contributed by atoms with Crippen LogP contribution >= 0.6 is 0 Å². The number of hydrogen-bond acceptors (Lipinski definition) is 3. The van der Waals surface area contributed by atoms with Crippen LogP contribution in [0.5, 0.6) is 0 Å². The Hall–Kier alpha value is -1.14. The molecule has 1 aromatic carbocycles. The lowest BCUT2D eigenvalue weighted by atomic mass is 10.0. The zero-order valence-electron chi connectivity index (χ0n) is 11.9. The molecule has 0 radical (unpaired) electrons. The molecule has 2 rings (SSSR count). The van der Waals surface area contributed by atoms with Crippen LogP contribution in [0.3, 0.4) is 0 Å². The predicted octanol–water partition coefficient (Wildman–Crippen LogP) is 2.67. The van der Waals surface area contributed by atoms with E-state index < -0.39 is 15.8 Å². The van der Waals surface area contributed by atoms with Gasteiger partial charge in [-0.25, -0.2) is 12.8 Å². The number of halogens is 1. The minimum atomic E-state index is -3.82. The second kappa shape index (κ2) is 5.69. The molecular formula is C14H21FN2O2S. The summed E-state index contributed by atoms with van der Waals surface area (Å²) in [5.74, 6) is -0.695. The number of benzene rings is 1. The highest BCUT2D eigenvalue weighted by molar-refractivity contribution is 7.89. The molecule has 2 N–H and O–H groups in total. The van der Waals surface area contributed by atoms with E-state index in [4.69, 9.17) is 5.73 Å². The van der Waals surface area contributed by atoms with Crippen molar-refractivity contribution in [2.24, 2.45) is 0 Å². The molecule has 1 heterocycles. The molecule has 1 aliphatic heterocycles. The van der Waals surface area contributed by atoms with Gasteiger partial charge in [-0.2, -0.15) is 4.31 Å². The van der Waals surface area contributed by atoms with E-state index in [-0.39, 0.29) is 22.2 Å². The lowest BCUT2D eigenvalue weighted by molar-refractivity contribution is 0.246. The maximum Gasteiger partial charge on any atom is 0.246 e. The molecule has 0 bridgehead atoms. The quantitative estimate of drug-likeness (QED) is 0.873. The van der Waals surface area contributed by atoms with Crippen molar-refractivity contribution in [3.8, 4) is 0 Å². The number of nitrogen functional groups attached to an aromatic ring is 1. The van der Waals surface area contributed by atoms with Crippen molar-refractivity contribution in [1.82, 2.24) is 4.31 Å². The van der Waals surface area contributed by atoms with Gasteiger partial charge in [0, 0.05) is 18.3 Å². The van der Waals surface area contributed by atoms with Gasteiger partial charge >= 0.3 is 0 Å². The summed E-state index contributed by atoms with van der Waals surface area (Å²) in [4.78, 5) is -0.296. The SMILES string of the molecule is CCC1CCCCN1S(=O)(=O)c1cc(N)cc(C)c1F. The van der Waals surface area contributed by atoms with Crippen LogP contribution in [0.2, 0.25) is 0 Å². The lowest BCUT2D eigenvalue weighted by Gasteiger charge is -2.34. The molecule has 0 aromatic heterocycles. The van der Waals surface area contributed by atoms with Crippen LogP contribution in [-0.2, 0) is 10.0 Å². The van der Waals surface area contributed by atoms with Gasteiger partial charge in [-0.1, -0.05) is 13.3 Å². The fourth-order valence-corrected chi connectivity index (χ4v) is 4.72. The summed E-state index contributed by atoms with van der Waals surface area (Å²) in [6.45, 7) is 3.94. The van der Waals surface area contributed by atoms with Crippen molar-refractivity contribution in [1.29, 1.82) is 0 Å². The molecule has 1 saturated heterocycles.